The summed E-state index contributed by atoms with van der Waals surface area (Å²) < 4.78 is 41.3. The Bertz CT molecular complexity index is 816. The van der Waals surface area contributed by atoms with Crippen LogP contribution in [0.15, 0.2) is 29.4 Å². The second-order valence-corrected chi connectivity index (χ2v) is 7.59. The predicted molar refractivity (Wildman–Crippen MR) is 101 cm³/mol. The molecule has 1 heterocycles. The SMILES string of the molecule is CSc1nnc(CCCNC(=O)c2ccccc2C(F)(F)F)n1C1CCCC1. The van der Waals surface area contributed by atoms with Crippen LogP contribution in [-0.2, 0) is 12.6 Å². The van der Waals surface area contributed by atoms with Gasteiger partial charge in [-0.3, -0.25) is 4.79 Å². The molecule has 1 aliphatic carbocycles. The van der Waals surface area contributed by atoms with Crippen molar-refractivity contribution < 1.29 is 18.0 Å². The van der Waals surface area contributed by atoms with Crippen LogP contribution in [0.4, 0.5) is 13.2 Å². The summed E-state index contributed by atoms with van der Waals surface area (Å²) in [6.45, 7) is 0.275. The third-order valence-electron chi connectivity index (χ3n) is 4.95. The number of carbonyl (C=O) groups is 1. The molecule has 1 N–H and O–H groups in total. The molecule has 0 unspecified atom stereocenters. The van der Waals surface area contributed by atoms with E-state index in [1.807, 2.05) is 6.26 Å². The van der Waals surface area contributed by atoms with Crippen molar-refractivity contribution in [1.82, 2.24) is 20.1 Å². The maximum atomic E-state index is 13.0. The van der Waals surface area contributed by atoms with Gasteiger partial charge in [0.15, 0.2) is 5.16 Å². The standard InChI is InChI=1S/C19H23F3N4OS/c1-28-18-25-24-16(26(18)13-7-2-3-8-13)11-6-12-23-17(27)14-9-4-5-10-15(14)19(20,21)22/h4-5,9-10,13H,2-3,6-8,11-12H2,1H3,(H,23,27). The number of benzene rings is 1. The van der Waals surface area contributed by atoms with Crippen LogP contribution in [-0.4, -0.2) is 33.5 Å². The number of nitrogens with zero attached hydrogens (tertiary/aromatic N) is 3. The topological polar surface area (TPSA) is 59.8 Å². The molecule has 1 fully saturated rings. The lowest BCUT2D eigenvalue weighted by atomic mass is 10.1. The van der Waals surface area contributed by atoms with Gasteiger partial charge in [-0.05, 0) is 37.7 Å². The Morgan fingerprint density at radius 3 is 2.64 bits per heavy atom. The van der Waals surface area contributed by atoms with E-state index >= 15 is 0 Å². The van der Waals surface area contributed by atoms with Gasteiger partial charge in [-0.15, -0.1) is 10.2 Å². The normalized spacial score (nSPS) is 15.1. The fourth-order valence-corrected chi connectivity index (χ4v) is 4.19. The lowest BCUT2D eigenvalue weighted by molar-refractivity contribution is -0.137. The first-order chi connectivity index (χ1) is 13.4. The molecule has 1 aromatic carbocycles. The highest BCUT2D eigenvalue weighted by molar-refractivity contribution is 7.98. The van der Waals surface area contributed by atoms with Crippen LogP contribution in [0.25, 0.3) is 0 Å². The van der Waals surface area contributed by atoms with E-state index in [-0.39, 0.29) is 12.1 Å². The monoisotopic (exact) mass is 412 g/mol. The maximum absolute atomic E-state index is 13.0. The lowest BCUT2D eigenvalue weighted by Crippen LogP contribution is -2.27. The van der Waals surface area contributed by atoms with Crippen molar-refractivity contribution in [2.45, 2.75) is 55.9 Å². The fraction of sp³-hybridized carbons (Fsp3) is 0.526. The number of aromatic nitrogens is 3. The first kappa shape index (κ1) is 20.7. The molecule has 0 saturated heterocycles. The molecular weight excluding hydrogens is 389 g/mol. The maximum Gasteiger partial charge on any atom is 0.417 e. The van der Waals surface area contributed by atoms with Crippen LogP contribution in [0, 0.1) is 0 Å². The Kier molecular flexibility index (Phi) is 6.64. The van der Waals surface area contributed by atoms with Gasteiger partial charge in [0, 0.05) is 19.0 Å². The predicted octanol–water partition coefficient (Wildman–Crippen LogP) is 4.50. The van der Waals surface area contributed by atoms with Gasteiger partial charge in [-0.25, -0.2) is 0 Å². The van der Waals surface area contributed by atoms with E-state index in [4.69, 9.17) is 0 Å². The summed E-state index contributed by atoms with van der Waals surface area (Å²) in [7, 11) is 0. The molecule has 1 saturated carbocycles. The quantitative estimate of drug-likeness (QED) is 0.538. The van der Waals surface area contributed by atoms with Gasteiger partial charge in [0.25, 0.3) is 5.91 Å². The summed E-state index contributed by atoms with van der Waals surface area (Å²) in [6.07, 6.45) is 3.24. The number of aryl methyl sites for hydroxylation is 1. The van der Waals surface area contributed by atoms with Gasteiger partial charge in [0.2, 0.25) is 0 Å². The number of alkyl halides is 3. The van der Waals surface area contributed by atoms with Gasteiger partial charge in [-0.2, -0.15) is 13.2 Å². The molecule has 0 atom stereocenters. The largest absolute Gasteiger partial charge is 0.417 e. The third kappa shape index (κ3) is 4.68. The molecule has 2 aromatic rings. The number of amides is 1. The van der Waals surface area contributed by atoms with E-state index in [1.165, 1.54) is 31.0 Å². The zero-order chi connectivity index (χ0) is 20.1. The van der Waals surface area contributed by atoms with Crippen LogP contribution in [0.3, 0.4) is 0 Å². The number of hydrogen-bond donors (Lipinski definition) is 1. The minimum atomic E-state index is -4.56. The van der Waals surface area contributed by atoms with Crippen molar-refractivity contribution in [2.24, 2.45) is 0 Å². The van der Waals surface area contributed by atoms with Crippen molar-refractivity contribution in [2.75, 3.05) is 12.8 Å². The Morgan fingerprint density at radius 1 is 1.25 bits per heavy atom. The van der Waals surface area contributed by atoms with Gasteiger partial charge in [0.05, 0.1) is 11.1 Å². The molecule has 5 nitrogen and oxygen atoms in total. The van der Waals surface area contributed by atoms with E-state index in [9.17, 15) is 18.0 Å². The smallest absolute Gasteiger partial charge is 0.352 e. The third-order valence-corrected chi connectivity index (χ3v) is 5.59. The van der Waals surface area contributed by atoms with Gasteiger partial charge >= 0.3 is 6.18 Å². The summed E-state index contributed by atoms with van der Waals surface area (Å²) in [6, 6.07) is 5.24. The van der Waals surface area contributed by atoms with Crippen LogP contribution in [0.5, 0.6) is 0 Å². The Labute approximate surface area is 166 Å². The second-order valence-electron chi connectivity index (χ2n) is 6.81. The average molecular weight is 412 g/mol. The van der Waals surface area contributed by atoms with Crippen molar-refractivity contribution in [3.8, 4) is 0 Å². The van der Waals surface area contributed by atoms with E-state index in [1.54, 1.807) is 11.8 Å². The zero-order valence-corrected chi connectivity index (χ0v) is 16.4. The minimum absolute atomic E-state index is 0.275. The number of halogens is 3. The Hall–Kier alpha value is -2.03. The van der Waals surface area contributed by atoms with Crippen molar-refractivity contribution in [1.29, 1.82) is 0 Å². The number of rotatable bonds is 7. The Morgan fingerprint density at radius 2 is 1.96 bits per heavy atom. The molecule has 28 heavy (non-hydrogen) atoms. The van der Waals surface area contributed by atoms with E-state index < -0.39 is 17.6 Å². The van der Waals surface area contributed by atoms with Crippen LogP contribution in [0.1, 0.15) is 59.9 Å². The molecule has 0 bridgehead atoms. The summed E-state index contributed by atoms with van der Waals surface area (Å²) in [4.78, 5) is 12.2. The molecule has 152 valence electrons. The molecule has 1 amide bonds. The number of carbonyl (C=O) groups excluding carboxylic acids is 1. The first-order valence-electron chi connectivity index (χ1n) is 9.34. The molecule has 1 aliphatic rings. The molecular formula is C19H23F3N4OS. The van der Waals surface area contributed by atoms with E-state index in [0.717, 1.165) is 29.9 Å². The van der Waals surface area contributed by atoms with Gasteiger partial charge in [0.1, 0.15) is 5.82 Å². The van der Waals surface area contributed by atoms with E-state index in [2.05, 4.69) is 20.1 Å². The highest BCUT2D eigenvalue weighted by atomic mass is 32.2. The molecule has 9 heteroatoms. The van der Waals surface area contributed by atoms with Crippen molar-refractivity contribution in [3.63, 3.8) is 0 Å². The summed E-state index contributed by atoms with van der Waals surface area (Å²) in [5, 5.41) is 12.0. The summed E-state index contributed by atoms with van der Waals surface area (Å²) >= 11 is 1.56. The Balaban J connectivity index is 1.59. The minimum Gasteiger partial charge on any atom is -0.352 e. The lowest BCUT2D eigenvalue weighted by Gasteiger charge is -2.16. The fourth-order valence-electron chi connectivity index (χ4n) is 3.62. The number of hydrogen-bond acceptors (Lipinski definition) is 4. The van der Waals surface area contributed by atoms with Crippen LogP contribution in [0.2, 0.25) is 0 Å². The average Bonchev–Trinajstić information content (AvgIpc) is 3.33. The van der Waals surface area contributed by atoms with Gasteiger partial charge < -0.3 is 9.88 Å². The van der Waals surface area contributed by atoms with Gasteiger partial charge in [-0.1, -0.05) is 36.7 Å². The molecule has 0 aliphatic heterocycles. The van der Waals surface area contributed by atoms with Crippen LogP contribution >= 0.6 is 11.8 Å². The number of nitrogens with one attached hydrogen (secondary N) is 1. The highest BCUT2D eigenvalue weighted by Crippen LogP contribution is 2.34. The summed E-state index contributed by atoms with van der Waals surface area (Å²) in [5.41, 5.74) is -1.27. The summed E-state index contributed by atoms with van der Waals surface area (Å²) in [5.74, 6) is 0.163. The van der Waals surface area contributed by atoms with Crippen LogP contribution < -0.4 is 5.32 Å². The molecule has 1 aromatic heterocycles. The van der Waals surface area contributed by atoms with Crippen molar-refractivity contribution >= 4 is 17.7 Å². The van der Waals surface area contributed by atoms with Crippen molar-refractivity contribution in [3.05, 3.63) is 41.2 Å². The first-order valence-corrected chi connectivity index (χ1v) is 10.6. The zero-order valence-electron chi connectivity index (χ0n) is 15.6. The molecule has 0 spiro atoms. The molecule has 3 rings (SSSR count). The van der Waals surface area contributed by atoms with E-state index in [0.29, 0.717) is 18.9 Å². The number of thioether (sulfide) groups is 1. The second kappa shape index (κ2) is 8.98. The molecule has 0 radical (unpaired) electrons. The highest BCUT2D eigenvalue weighted by Gasteiger charge is 2.34.